The lowest BCUT2D eigenvalue weighted by Gasteiger charge is -2.13. The summed E-state index contributed by atoms with van der Waals surface area (Å²) in [6, 6.07) is 5.58. The highest BCUT2D eigenvalue weighted by molar-refractivity contribution is 7.15. The molecule has 0 unspecified atom stereocenters. The van der Waals surface area contributed by atoms with E-state index < -0.39 is 5.97 Å². The molecule has 0 fully saturated rings. The molecule has 1 aromatic carbocycles. The summed E-state index contributed by atoms with van der Waals surface area (Å²) >= 11 is 1.47. The Morgan fingerprint density at radius 3 is 2.09 bits per heavy atom. The molecule has 0 radical (unpaired) electrons. The number of anilines is 2. The SMILES string of the molecule is Cc1nc(NC(=O)c2cccc(NCCOCCOCCOCCOCCC(=O)O)c2C)sc1C. The van der Waals surface area contributed by atoms with E-state index in [9.17, 15) is 9.59 Å². The zero-order valence-corrected chi connectivity index (χ0v) is 21.4. The summed E-state index contributed by atoms with van der Waals surface area (Å²) in [5, 5.41) is 15.3. The summed E-state index contributed by atoms with van der Waals surface area (Å²) in [6.45, 7) is 9.68. The van der Waals surface area contributed by atoms with Crippen LogP contribution in [0.25, 0.3) is 0 Å². The molecule has 0 aliphatic carbocycles. The minimum absolute atomic E-state index is 0.00477. The summed E-state index contributed by atoms with van der Waals surface area (Å²) in [4.78, 5) is 28.5. The summed E-state index contributed by atoms with van der Waals surface area (Å²) < 4.78 is 21.5. The summed E-state index contributed by atoms with van der Waals surface area (Å²) in [7, 11) is 0. The zero-order chi connectivity index (χ0) is 25.5. The number of hydrogen-bond donors (Lipinski definition) is 3. The highest BCUT2D eigenvalue weighted by atomic mass is 32.1. The molecule has 1 aromatic heterocycles. The van der Waals surface area contributed by atoms with E-state index in [1.807, 2.05) is 32.9 Å². The summed E-state index contributed by atoms with van der Waals surface area (Å²) in [6.07, 6.45) is -0.00477. The van der Waals surface area contributed by atoms with Gasteiger partial charge in [-0.2, -0.15) is 0 Å². The van der Waals surface area contributed by atoms with E-state index in [-0.39, 0.29) is 18.9 Å². The lowest BCUT2D eigenvalue weighted by molar-refractivity contribution is -0.138. The second-order valence-corrected chi connectivity index (χ2v) is 8.82. The van der Waals surface area contributed by atoms with Crippen LogP contribution in [-0.4, -0.2) is 81.4 Å². The van der Waals surface area contributed by atoms with Gasteiger partial charge in [0.15, 0.2) is 5.13 Å². The molecule has 0 saturated heterocycles. The number of thiazole rings is 1. The Labute approximate surface area is 209 Å². The van der Waals surface area contributed by atoms with Gasteiger partial charge in [0, 0.05) is 22.7 Å². The number of carbonyl (C=O) groups is 2. The number of amides is 1. The molecular formula is C24H35N3O7S. The predicted molar refractivity (Wildman–Crippen MR) is 135 cm³/mol. The number of aryl methyl sites for hydroxylation is 2. The molecule has 1 amide bonds. The third-order valence-corrected chi connectivity index (χ3v) is 5.95. The number of aromatic nitrogens is 1. The number of nitrogens with one attached hydrogen (secondary N) is 2. The van der Waals surface area contributed by atoms with Crippen molar-refractivity contribution < 1.29 is 33.6 Å². The van der Waals surface area contributed by atoms with E-state index >= 15 is 0 Å². The smallest absolute Gasteiger partial charge is 0.305 e. The number of hydrogen-bond acceptors (Lipinski definition) is 9. The highest BCUT2D eigenvalue weighted by Crippen LogP contribution is 2.24. The second-order valence-electron chi connectivity index (χ2n) is 7.61. The lowest BCUT2D eigenvalue weighted by atomic mass is 10.1. The van der Waals surface area contributed by atoms with Crippen LogP contribution in [0.3, 0.4) is 0 Å². The fourth-order valence-electron chi connectivity index (χ4n) is 2.94. The van der Waals surface area contributed by atoms with E-state index in [2.05, 4.69) is 15.6 Å². The van der Waals surface area contributed by atoms with Crippen molar-refractivity contribution >= 4 is 34.0 Å². The molecular weight excluding hydrogens is 474 g/mol. The number of aliphatic carboxylic acids is 1. The maximum absolute atomic E-state index is 12.7. The van der Waals surface area contributed by atoms with Crippen LogP contribution in [0.2, 0.25) is 0 Å². The Morgan fingerprint density at radius 1 is 0.914 bits per heavy atom. The standard InChI is InChI=1S/C24H35N3O7S/c1-17-20(23(30)27-24-26-18(2)19(3)35-24)5-4-6-21(17)25-8-10-32-12-14-34-16-15-33-13-11-31-9-7-22(28)29/h4-6,25H,7-16H2,1-3H3,(H,28,29)(H,26,27,30). The number of rotatable bonds is 18. The number of nitrogens with zero attached hydrogens (tertiary/aromatic N) is 1. The van der Waals surface area contributed by atoms with Crippen molar-refractivity contribution in [3.8, 4) is 0 Å². The Balaban J connectivity index is 1.53. The van der Waals surface area contributed by atoms with Crippen LogP contribution in [0.1, 0.15) is 32.9 Å². The molecule has 0 bridgehead atoms. The maximum atomic E-state index is 12.7. The molecule has 194 valence electrons. The van der Waals surface area contributed by atoms with Crippen LogP contribution in [0.15, 0.2) is 18.2 Å². The Kier molecular flexibility index (Phi) is 13.2. The second kappa shape index (κ2) is 16.2. The van der Waals surface area contributed by atoms with E-state index in [1.54, 1.807) is 6.07 Å². The van der Waals surface area contributed by atoms with Gasteiger partial charge in [-0.3, -0.25) is 14.9 Å². The maximum Gasteiger partial charge on any atom is 0.305 e. The van der Waals surface area contributed by atoms with Crippen LogP contribution in [0.5, 0.6) is 0 Å². The van der Waals surface area contributed by atoms with Gasteiger partial charge in [0.25, 0.3) is 5.91 Å². The molecule has 0 saturated carbocycles. The van der Waals surface area contributed by atoms with Crippen LogP contribution in [-0.2, 0) is 23.7 Å². The molecule has 0 spiro atoms. The minimum Gasteiger partial charge on any atom is -0.481 e. The number of ether oxygens (including phenoxy) is 4. The first-order valence-electron chi connectivity index (χ1n) is 11.5. The molecule has 2 aromatic rings. The molecule has 2 rings (SSSR count). The Morgan fingerprint density at radius 2 is 1.51 bits per heavy atom. The van der Waals surface area contributed by atoms with Gasteiger partial charge in [-0.1, -0.05) is 6.07 Å². The molecule has 10 nitrogen and oxygen atoms in total. The first-order chi connectivity index (χ1) is 16.9. The monoisotopic (exact) mass is 509 g/mol. The molecule has 1 heterocycles. The van der Waals surface area contributed by atoms with Gasteiger partial charge < -0.3 is 29.4 Å². The fourth-order valence-corrected chi connectivity index (χ4v) is 3.75. The van der Waals surface area contributed by atoms with Gasteiger partial charge in [-0.25, -0.2) is 4.98 Å². The van der Waals surface area contributed by atoms with Gasteiger partial charge in [0.05, 0.1) is 65.0 Å². The molecule has 11 heteroatoms. The van der Waals surface area contributed by atoms with Gasteiger partial charge >= 0.3 is 5.97 Å². The van der Waals surface area contributed by atoms with Crippen molar-refractivity contribution in [2.45, 2.75) is 27.2 Å². The third kappa shape index (κ3) is 11.1. The number of carboxylic acids is 1. The largest absolute Gasteiger partial charge is 0.481 e. The lowest BCUT2D eigenvalue weighted by Crippen LogP contribution is -2.16. The van der Waals surface area contributed by atoms with Crippen molar-refractivity contribution in [2.24, 2.45) is 0 Å². The molecule has 35 heavy (non-hydrogen) atoms. The average molecular weight is 510 g/mol. The van der Waals surface area contributed by atoms with Crippen LogP contribution in [0, 0.1) is 20.8 Å². The Bertz CT molecular complexity index is 916. The minimum atomic E-state index is -0.876. The normalized spacial score (nSPS) is 10.9. The molecule has 0 aliphatic rings. The van der Waals surface area contributed by atoms with Crippen LogP contribution in [0.4, 0.5) is 10.8 Å². The van der Waals surface area contributed by atoms with Gasteiger partial charge in [0.2, 0.25) is 0 Å². The zero-order valence-electron chi connectivity index (χ0n) is 20.6. The number of carbonyl (C=O) groups excluding carboxylic acids is 1. The topological polar surface area (TPSA) is 128 Å². The predicted octanol–water partition coefficient (Wildman–Crippen LogP) is 3.27. The quantitative estimate of drug-likeness (QED) is 0.259. The first kappa shape index (κ1) is 28.7. The molecule has 0 atom stereocenters. The fraction of sp³-hybridized carbons (Fsp3) is 0.542. The van der Waals surface area contributed by atoms with Crippen molar-refractivity contribution in [2.75, 3.05) is 70.0 Å². The van der Waals surface area contributed by atoms with E-state index in [4.69, 9.17) is 24.1 Å². The molecule has 3 N–H and O–H groups in total. The van der Waals surface area contributed by atoms with Gasteiger partial charge in [-0.05, 0) is 38.5 Å². The molecule has 0 aliphatic heterocycles. The van der Waals surface area contributed by atoms with E-state index in [0.29, 0.717) is 63.5 Å². The van der Waals surface area contributed by atoms with E-state index in [1.165, 1.54) is 11.3 Å². The summed E-state index contributed by atoms with van der Waals surface area (Å²) in [5.41, 5.74) is 3.27. The summed E-state index contributed by atoms with van der Waals surface area (Å²) in [5.74, 6) is -1.05. The number of carboxylic acid groups (broad SMARTS) is 1. The third-order valence-electron chi connectivity index (χ3n) is 4.97. The van der Waals surface area contributed by atoms with Crippen molar-refractivity contribution in [3.05, 3.63) is 39.9 Å². The van der Waals surface area contributed by atoms with Crippen molar-refractivity contribution in [1.82, 2.24) is 4.98 Å². The van der Waals surface area contributed by atoms with Crippen LogP contribution < -0.4 is 10.6 Å². The van der Waals surface area contributed by atoms with Crippen LogP contribution >= 0.6 is 11.3 Å². The Hall–Kier alpha value is -2.57. The first-order valence-corrected chi connectivity index (χ1v) is 12.3. The highest BCUT2D eigenvalue weighted by Gasteiger charge is 2.14. The van der Waals surface area contributed by atoms with Crippen molar-refractivity contribution in [1.29, 1.82) is 0 Å². The van der Waals surface area contributed by atoms with Gasteiger partial charge in [0.1, 0.15) is 0 Å². The van der Waals surface area contributed by atoms with Crippen molar-refractivity contribution in [3.63, 3.8) is 0 Å². The number of benzene rings is 1. The van der Waals surface area contributed by atoms with E-state index in [0.717, 1.165) is 21.8 Å². The average Bonchev–Trinajstić information content (AvgIpc) is 3.13. The van der Waals surface area contributed by atoms with Gasteiger partial charge in [-0.15, -0.1) is 11.3 Å².